The normalized spacial score (nSPS) is 10.9. The van der Waals surface area contributed by atoms with Crippen molar-refractivity contribution >= 4 is 0 Å². The van der Waals surface area contributed by atoms with E-state index >= 15 is 0 Å². The highest BCUT2D eigenvalue weighted by atomic mass is 14.7. The van der Waals surface area contributed by atoms with E-state index in [-0.39, 0.29) is 0 Å². The van der Waals surface area contributed by atoms with Crippen LogP contribution in [0.5, 0.6) is 0 Å². The first-order valence-corrected chi connectivity index (χ1v) is 16.0. The van der Waals surface area contributed by atoms with E-state index in [9.17, 15) is 0 Å². The van der Waals surface area contributed by atoms with Gasteiger partial charge < -0.3 is 0 Å². The summed E-state index contributed by atoms with van der Waals surface area (Å²) >= 11 is 0. The second-order valence-corrected chi connectivity index (χ2v) is 11.6. The van der Waals surface area contributed by atoms with Crippen LogP contribution in [0.25, 0.3) is 78.7 Å². The molecule has 0 aliphatic heterocycles. The lowest BCUT2D eigenvalue weighted by Gasteiger charge is -2.14. The van der Waals surface area contributed by atoms with Crippen LogP contribution in [0.3, 0.4) is 0 Å². The Labute approximate surface area is 280 Å². The highest BCUT2D eigenvalue weighted by Gasteiger charge is 2.15. The standard InChI is InChI=1S/C44H30N4/c1-4-14-31(15-5-1)34-24-35(43-29-37(39-20-10-12-22-45-39)27-41(47-43)32-16-6-2-7-17-32)26-36(25-34)44-30-38(40-21-11-13-23-46-40)28-42(48-44)33-18-8-3-9-19-33/h1-30H. The molecule has 8 aromatic rings. The van der Waals surface area contributed by atoms with Crippen molar-refractivity contribution in [3.63, 3.8) is 0 Å². The van der Waals surface area contributed by atoms with Crippen molar-refractivity contribution in [1.82, 2.24) is 19.9 Å². The van der Waals surface area contributed by atoms with Crippen molar-refractivity contribution in [3.05, 3.63) is 182 Å². The van der Waals surface area contributed by atoms with Gasteiger partial charge in [0, 0.05) is 45.8 Å². The summed E-state index contributed by atoms with van der Waals surface area (Å²) < 4.78 is 0. The van der Waals surface area contributed by atoms with Gasteiger partial charge in [-0.25, -0.2) is 9.97 Å². The maximum Gasteiger partial charge on any atom is 0.0716 e. The molecule has 4 heterocycles. The molecule has 0 spiro atoms. The highest BCUT2D eigenvalue weighted by molar-refractivity contribution is 5.84. The number of rotatable bonds is 7. The zero-order chi connectivity index (χ0) is 32.1. The van der Waals surface area contributed by atoms with Crippen molar-refractivity contribution in [3.8, 4) is 78.7 Å². The van der Waals surface area contributed by atoms with E-state index in [2.05, 4.69) is 101 Å². The fourth-order valence-corrected chi connectivity index (χ4v) is 5.95. The molecule has 4 aromatic carbocycles. The number of aromatic nitrogens is 4. The summed E-state index contributed by atoms with van der Waals surface area (Å²) in [6, 6.07) is 58.2. The SMILES string of the molecule is c1ccc(-c2cc(-c3cc(-c4ccccn4)cc(-c4ccccc4)n3)cc(-c3cc(-c4ccccn4)cc(-c4ccccc4)n3)c2)cc1. The van der Waals surface area contributed by atoms with E-state index in [0.717, 1.165) is 78.7 Å². The quantitative estimate of drug-likeness (QED) is 0.179. The number of hydrogen-bond acceptors (Lipinski definition) is 4. The molecular weight excluding hydrogens is 585 g/mol. The summed E-state index contributed by atoms with van der Waals surface area (Å²) in [4.78, 5) is 19.8. The second-order valence-electron chi connectivity index (χ2n) is 11.6. The lowest BCUT2D eigenvalue weighted by atomic mass is 9.94. The molecule has 0 radical (unpaired) electrons. The molecule has 8 rings (SSSR count). The molecule has 0 amide bonds. The predicted molar refractivity (Wildman–Crippen MR) is 196 cm³/mol. The summed E-state index contributed by atoms with van der Waals surface area (Å²) in [5, 5.41) is 0. The third kappa shape index (κ3) is 6.15. The molecule has 4 heteroatoms. The van der Waals surface area contributed by atoms with E-state index in [0.29, 0.717) is 0 Å². The van der Waals surface area contributed by atoms with Crippen LogP contribution in [-0.4, -0.2) is 19.9 Å². The Bertz CT molecular complexity index is 2050. The van der Waals surface area contributed by atoms with Crippen molar-refractivity contribution in [2.75, 3.05) is 0 Å². The Kier molecular flexibility index (Phi) is 7.87. The number of benzene rings is 4. The fraction of sp³-hybridized carbons (Fsp3) is 0. The minimum atomic E-state index is 0.861. The molecular formula is C44H30N4. The lowest BCUT2D eigenvalue weighted by molar-refractivity contribution is 1.28. The molecule has 4 nitrogen and oxygen atoms in total. The van der Waals surface area contributed by atoms with Gasteiger partial charge in [-0.05, 0) is 77.9 Å². The molecule has 0 aliphatic rings. The van der Waals surface area contributed by atoms with Crippen molar-refractivity contribution in [2.24, 2.45) is 0 Å². The van der Waals surface area contributed by atoms with Crippen LogP contribution in [0.4, 0.5) is 0 Å². The zero-order valence-corrected chi connectivity index (χ0v) is 26.1. The topological polar surface area (TPSA) is 51.6 Å². The molecule has 4 aromatic heterocycles. The average molecular weight is 615 g/mol. The first kappa shape index (κ1) is 28.9. The second kappa shape index (κ2) is 13.1. The van der Waals surface area contributed by atoms with Gasteiger partial charge >= 0.3 is 0 Å². The molecule has 226 valence electrons. The highest BCUT2D eigenvalue weighted by Crippen LogP contribution is 2.36. The first-order chi connectivity index (χ1) is 23.8. The number of hydrogen-bond donors (Lipinski definition) is 0. The smallest absolute Gasteiger partial charge is 0.0716 e. The van der Waals surface area contributed by atoms with Gasteiger partial charge in [0.15, 0.2) is 0 Å². The molecule has 0 unspecified atom stereocenters. The van der Waals surface area contributed by atoms with Crippen LogP contribution >= 0.6 is 0 Å². The van der Waals surface area contributed by atoms with Crippen LogP contribution in [-0.2, 0) is 0 Å². The van der Waals surface area contributed by atoms with Gasteiger partial charge in [0.05, 0.1) is 34.2 Å². The Balaban J connectivity index is 1.36. The third-order valence-corrected chi connectivity index (χ3v) is 8.34. The van der Waals surface area contributed by atoms with E-state index < -0.39 is 0 Å². The number of pyridine rings is 4. The molecule has 0 aliphatic carbocycles. The fourth-order valence-electron chi connectivity index (χ4n) is 5.95. The van der Waals surface area contributed by atoms with Crippen molar-refractivity contribution in [1.29, 1.82) is 0 Å². The molecule has 0 bridgehead atoms. The number of nitrogens with zero attached hydrogens (tertiary/aromatic N) is 4. The largest absolute Gasteiger partial charge is 0.256 e. The van der Waals surface area contributed by atoms with Crippen LogP contribution in [0.15, 0.2) is 182 Å². The minimum Gasteiger partial charge on any atom is -0.256 e. The van der Waals surface area contributed by atoms with Crippen LogP contribution < -0.4 is 0 Å². The Morgan fingerprint density at radius 2 is 0.562 bits per heavy atom. The van der Waals surface area contributed by atoms with Crippen molar-refractivity contribution < 1.29 is 0 Å². The molecule has 0 atom stereocenters. The Morgan fingerprint density at radius 1 is 0.229 bits per heavy atom. The summed E-state index contributed by atoms with van der Waals surface area (Å²) in [6.07, 6.45) is 3.66. The van der Waals surface area contributed by atoms with E-state index in [1.165, 1.54) is 0 Å². The van der Waals surface area contributed by atoms with E-state index in [1.807, 2.05) is 91.3 Å². The Morgan fingerprint density at radius 3 is 0.958 bits per heavy atom. The molecule has 48 heavy (non-hydrogen) atoms. The van der Waals surface area contributed by atoms with Crippen LogP contribution in [0.2, 0.25) is 0 Å². The van der Waals surface area contributed by atoms with Gasteiger partial charge in [0.2, 0.25) is 0 Å². The summed E-state index contributed by atoms with van der Waals surface area (Å²) in [7, 11) is 0. The van der Waals surface area contributed by atoms with Crippen LogP contribution in [0, 0.1) is 0 Å². The molecule has 0 N–H and O–H groups in total. The van der Waals surface area contributed by atoms with E-state index in [1.54, 1.807) is 0 Å². The third-order valence-electron chi connectivity index (χ3n) is 8.34. The maximum atomic E-state index is 5.24. The average Bonchev–Trinajstić information content (AvgIpc) is 3.19. The summed E-state index contributed by atoms with van der Waals surface area (Å²) in [5.74, 6) is 0. The predicted octanol–water partition coefficient (Wildman–Crippen LogP) is 10.9. The van der Waals surface area contributed by atoms with Gasteiger partial charge in [0.1, 0.15) is 0 Å². The van der Waals surface area contributed by atoms with Gasteiger partial charge in [0.25, 0.3) is 0 Å². The van der Waals surface area contributed by atoms with Gasteiger partial charge in [-0.1, -0.05) is 103 Å². The molecule has 0 saturated carbocycles. The first-order valence-electron chi connectivity index (χ1n) is 16.0. The Hall–Kier alpha value is -6.52. The summed E-state index contributed by atoms with van der Waals surface area (Å²) in [6.45, 7) is 0. The summed E-state index contributed by atoms with van der Waals surface area (Å²) in [5.41, 5.74) is 13.6. The van der Waals surface area contributed by atoms with Crippen molar-refractivity contribution in [2.45, 2.75) is 0 Å². The lowest BCUT2D eigenvalue weighted by Crippen LogP contribution is -1.95. The van der Waals surface area contributed by atoms with E-state index in [4.69, 9.17) is 9.97 Å². The van der Waals surface area contributed by atoms with Gasteiger partial charge in [-0.15, -0.1) is 0 Å². The molecule has 0 saturated heterocycles. The maximum absolute atomic E-state index is 5.24. The zero-order valence-electron chi connectivity index (χ0n) is 26.1. The molecule has 0 fully saturated rings. The monoisotopic (exact) mass is 614 g/mol. The van der Waals surface area contributed by atoms with Gasteiger partial charge in [-0.2, -0.15) is 0 Å². The van der Waals surface area contributed by atoms with Gasteiger partial charge in [-0.3, -0.25) is 9.97 Å². The van der Waals surface area contributed by atoms with Crippen LogP contribution in [0.1, 0.15) is 0 Å². The minimum absolute atomic E-state index is 0.861.